The van der Waals surface area contributed by atoms with Crippen LogP contribution < -0.4 is 5.73 Å². The van der Waals surface area contributed by atoms with Crippen molar-refractivity contribution in [2.45, 2.75) is 19.4 Å². The van der Waals surface area contributed by atoms with E-state index in [1.165, 1.54) is 4.90 Å². The lowest BCUT2D eigenvalue weighted by molar-refractivity contribution is 0.0600. The van der Waals surface area contributed by atoms with Crippen LogP contribution in [0.15, 0.2) is 36.4 Å². The Morgan fingerprint density at radius 1 is 1.05 bits per heavy atom. The Morgan fingerprint density at radius 3 is 2.10 bits per heavy atom. The molecule has 2 amide bonds. The molecule has 102 valence electrons. The van der Waals surface area contributed by atoms with Gasteiger partial charge in [-0.05, 0) is 23.9 Å². The highest BCUT2D eigenvalue weighted by molar-refractivity contribution is 6.25. The quantitative estimate of drug-likeness (QED) is 0.868. The van der Waals surface area contributed by atoms with Crippen LogP contribution in [0.1, 0.15) is 34.1 Å². The zero-order valence-electron chi connectivity index (χ0n) is 11.3. The number of benzene rings is 2. The molecule has 0 radical (unpaired) electrons. The van der Waals surface area contributed by atoms with Crippen LogP contribution in [0.5, 0.6) is 0 Å². The van der Waals surface area contributed by atoms with Crippen molar-refractivity contribution in [3.63, 3.8) is 0 Å². The third kappa shape index (κ3) is 1.80. The van der Waals surface area contributed by atoms with Crippen LogP contribution >= 0.6 is 0 Å². The van der Waals surface area contributed by atoms with E-state index in [4.69, 9.17) is 5.73 Å². The van der Waals surface area contributed by atoms with Gasteiger partial charge < -0.3 is 5.73 Å². The molecule has 1 heterocycles. The summed E-state index contributed by atoms with van der Waals surface area (Å²) < 4.78 is 0. The molecule has 1 aliphatic rings. The molecule has 0 saturated heterocycles. The second-order valence-corrected chi connectivity index (χ2v) is 5.10. The SMILES string of the molecule is CCC(N)CN1C(=O)c2cccc3cccc(c23)C1=O. The normalized spacial score (nSPS) is 15.8. The summed E-state index contributed by atoms with van der Waals surface area (Å²) >= 11 is 0. The fourth-order valence-electron chi connectivity index (χ4n) is 2.61. The Bertz CT molecular complexity index is 658. The molecule has 1 atom stereocenters. The summed E-state index contributed by atoms with van der Waals surface area (Å²) in [4.78, 5) is 26.3. The monoisotopic (exact) mass is 268 g/mol. The van der Waals surface area contributed by atoms with Gasteiger partial charge in [0.15, 0.2) is 0 Å². The molecule has 0 aromatic heterocycles. The van der Waals surface area contributed by atoms with Crippen LogP contribution in [-0.4, -0.2) is 29.3 Å². The standard InChI is InChI=1S/C16H16N2O2/c1-2-11(17)9-18-15(19)12-7-3-5-10-6-4-8-13(14(10)12)16(18)20/h3-8,11H,2,9,17H2,1H3. The largest absolute Gasteiger partial charge is 0.326 e. The summed E-state index contributed by atoms with van der Waals surface area (Å²) in [5.41, 5.74) is 7.07. The predicted molar refractivity (Wildman–Crippen MR) is 77.6 cm³/mol. The highest BCUT2D eigenvalue weighted by Crippen LogP contribution is 2.29. The van der Waals surface area contributed by atoms with Crippen molar-refractivity contribution in [3.8, 4) is 0 Å². The molecule has 2 aromatic rings. The number of hydrogen-bond acceptors (Lipinski definition) is 3. The summed E-state index contributed by atoms with van der Waals surface area (Å²) in [5, 5.41) is 1.67. The van der Waals surface area contributed by atoms with Crippen molar-refractivity contribution < 1.29 is 9.59 Å². The molecule has 3 rings (SSSR count). The van der Waals surface area contributed by atoms with Crippen molar-refractivity contribution >= 4 is 22.6 Å². The van der Waals surface area contributed by atoms with Gasteiger partial charge in [-0.2, -0.15) is 0 Å². The Hall–Kier alpha value is -2.20. The van der Waals surface area contributed by atoms with E-state index in [2.05, 4.69) is 0 Å². The molecule has 0 saturated carbocycles. The molecule has 0 bridgehead atoms. The first-order valence-corrected chi connectivity index (χ1v) is 6.77. The Labute approximate surface area is 117 Å². The Balaban J connectivity index is 2.16. The van der Waals surface area contributed by atoms with E-state index in [0.717, 1.165) is 17.2 Å². The number of hydrogen-bond donors (Lipinski definition) is 1. The van der Waals surface area contributed by atoms with Gasteiger partial charge >= 0.3 is 0 Å². The van der Waals surface area contributed by atoms with Crippen LogP contribution in [0.4, 0.5) is 0 Å². The summed E-state index contributed by atoms with van der Waals surface area (Å²) in [5.74, 6) is -0.494. The zero-order valence-corrected chi connectivity index (χ0v) is 11.3. The van der Waals surface area contributed by atoms with Gasteiger partial charge in [-0.25, -0.2) is 0 Å². The second kappa shape index (κ2) is 4.72. The van der Waals surface area contributed by atoms with E-state index in [1.54, 1.807) is 12.1 Å². The topological polar surface area (TPSA) is 63.4 Å². The van der Waals surface area contributed by atoms with Crippen LogP contribution in [0.25, 0.3) is 10.8 Å². The first kappa shape index (κ1) is 12.8. The number of carbonyl (C=O) groups is 2. The number of nitrogens with two attached hydrogens (primary N) is 1. The number of nitrogens with zero attached hydrogens (tertiary/aromatic N) is 1. The lowest BCUT2D eigenvalue weighted by Gasteiger charge is -2.28. The van der Waals surface area contributed by atoms with E-state index < -0.39 is 0 Å². The average molecular weight is 268 g/mol. The van der Waals surface area contributed by atoms with Gasteiger partial charge in [0.25, 0.3) is 11.8 Å². The molecule has 1 aliphatic heterocycles. The van der Waals surface area contributed by atoms with E-state index in [0.29, 0.717) is 11.1 Å². The lowest BCUT2D eigenvalue weighted by Crippen LogP contribution is -2.46. The minimum Gasteiger partial charge on any atom is -0.326 e. The number of amides is 2. The van der Waals surface area contributed by atoms with Gasteiger partial charge in [0.05, 0.1) is 0 Å². The zero-order chi connectivity index (χ0) is 14.3. The number of imide groups is 1. The maximum absolute atomic E-state index is 12.5. The van der Waals surface area contributed by atoms with E-state index in [-0.39, 0.29) is 24.4 Å². The van der Waals surface area contributed by atoms with Crippen LogP contribution in [0, 0.1) is 0 Å². The van der Waals surface area contributed by atoms with Gasteiger partial charge in [-0.15, -0.1) is 0 Å². The van der Waals surface area contributed by atoms with Crippen LogP contribution in [-0.2, 0) is 0 Å². The Morgan fingerprint density at radius 2 is 1.60 bits per heavy atom. The predicted octanol–water partition coefficient (Wildman–Crippen LogP) is 2.17. The molecule has 0 fully saturated rings. The minimum absolute atomic E-state index is 0.188. The van der Waals surface area contributed by atoms with Gasteiger partial charge in [-0.1, -0.05) is 31.2 Å². The van der Waals surface area contributed by atoms with Crippen molar-refractivity contribution in [3.05, 3.63) is 47.5 Å². The van der Waals surface area contributed by atoms with E-state index in [1.807, 2.05) is 31.2 Å². The second-order valence-electron chi connectivity index (χ2n) is 5.10. The molecule has 2 aromatic carbocycles. The molecule has 1 unspecified atom stereocenters. The molecule has 20 heavy (non-hydrogen) atoms. The third-order valence-corrected chi connectivity index (χ3v) is 3.80. The smallest absolute Gasteiger partial charge is 0.261 e. The minimum atomic E-state index is -0.247. The fourth-order valence-corrected chi connectivity index (χ4v) is 2.61. The Kier molecular flexibility index (Phi) is 3.03. The van der Waals surface area contributed by atoms with Crippen molar-refractivity contribution in [2.24, 2.45) is 5.73 Å². The fraction of sp³-hybridized carbons (Fsp3) is 0.250. The van der Waals surface area contributed by atoms with Crippen molar-refractivity contribution in [1.82, 2.24) is 4.90 Å². The van der Waals surface area contributed by atoms with Crippen LogP contribution in [0.2, 0.25) is 0 Å². The lowest BCUT2D eigenvalue weighted by atomic mass is 9.94. The maximum atomic E-state index is 12.5. The number of carbonyl (C=O) groups excluding carboxylic acids is 2. The van der Waals surface area contributed by atoms with Gasteiger partial charge in [0, 0.05) is 29.1 Å². The number of rotatable bonds is 3. The maximum Gasteiger partial charge on any atom is 0.261 e. The summed E-state index contributed by atoms with van der Waals surface area (Å²) in [6.07, 6.45) is 0.725. The molecule has 2 N–H and O–H groups in total. The molecular weight excluding hydrogens is 252 g/mol. The van der Waals surface area contributed by atoms with E-state index in [9.17, 15) is 9.59 Å². The van der Waals surface area contributed by atoms with Gasteiger partial charge in [0.1, 0.15) is 0 Å². The summed E-state index contributed by atoms with van der Waals surface area (Å²) in [6.45, 7) is 2.21. The first-order valence-electron chi connectivity index (χ1n) is 6.77. The van der Waals surface area contributed by atoms with Crippen LogP contribution in [0.3, 0.4) is 0 Å². The highest BCUT2D eigenvalue weighted by Gasteiger charge is 2.33. The van der Waals surface area contributed by atoms with Gasteiger partial charge in [0.2, 0.25) is 0 Å². The van der Waals surface area contributed by atoms with E-state index >= 15 is 0 Å². The first-order chi connectivity index (χ1) is 9.63. The molecular formula is C16H16N2O2. The summed E-state index contributed by atoms with van der Waals surface area (Å²) in [7, 11) is 0. The average Bonchev–Trinajstić information content (AvgIpc) is 2.48. The molecule has 4 nitrogen and oxygen atoms in total. The van der Waals surface area contributed by atoms with Crippen molar-refractivity contribution in [1.29, 1.82) is 0 Å². The highest BCUT2D eigenvalue weighted by atomic mass is 16.2. The van der Waals surface area contributed by atoms with Gasteiger partial charge in [-0.3, -0.25) is 14.5 Å². The molecule has 0 spiro atoms. The molecule has 4 heteroatoms. The van der Waals surface area contributed by atoms with Crippen molar-refractivity contribution in [2.75, 3.05) is 6.54 Å². The summed E-state index contributed by atoms with van der Waals surface area (Å²) in [6, 6.07) is 10.9. The molecule has 0 aliphatic carbocycles. The third-order valence-electron chi connectivity index (χ3n) is 3.80.